The molecule has 5 heteroatoms. The average Bonchev–Trinajstić information content (AvgIpc) is 3.10. The maximum atomic E-state index is 10.4. The molecule has 0 radical (unpaired) electrons. The van der Waals surface area contributed by atoms with Crippen LogP contribution in [0.3, 0.4) is 0 Å². The van der Waals surface area contributed by atoms with Gasteiger partial charge < -0.3 is 19.3 Å². The van der Waals surface area contributed by atoms with E-state index in [-0.39, 0.29) is 12.5 Å². The van der Waals surface area contributed by atoms with Gasteiger partial charge in [0, 0.05) is 27.9 Å². The van der Waals surface area contributed by atoms with Crippen molar-refractivity contribution in [3.05, 3.63) is 42.1 Å². The van der Waals surface area contributed by atoms with Crippen molar-refractivity contribution in [2.24, 2.45) is 0 Å². The number of hydrogen-bond acceptors (Lipinski definition) is 5. The van der Waals surface area contributed by atoms with Crippen LogP contribution < -0.4 is 14.2 Å². The summed E-state index contributed by atoms with van der Waals surface area (Å²) in [5.74, 6) is 2.09. The third kappa shape index (κ3) is 1.80. The molecule has 0 saturated carbocycles. The van der Waals surface area contributed by atoms with Crippen LogP contribution in [0.1, 0.15) is 5.56 Å². The highest BCUT2D eigenvalue weighted by Gasteiger charge is 2.20. The summed E-state index contributed by atoms with van der Waals surface area (Å²) in [4.78, 5) is 4.63. The molecule has 1 aliphatic heterocycles. The number of nitrogens with zero attached hydrogens (tertiary/aromatic N) is 1. The number of aromatic hydroxyl groups is 1. The lowest BCUT2D eigenvalue weighted by Gasteiger charge is -2.12. The molecule has 4 aromatic rings. The van der Waals surface area contributed by atoms with Crippen molar-refractivity contribution in [1.82, 2.24) is 4.98 Å². The number of ether oxygens (including phenoxy) is 3. The number of phenols is 1. The zero-order valence-corrected chi connectivity index (χ0v) is 13.8. The van der Waals surface area contributed by atoms with E-state index in [1.165, 1.54) is 7.11 Å². The van der Waals surface area contributed by atoms with E-state index in [1.807, 2.05) is 25.1 Å². The maximum absolute atomic E-state index is 10.4. The van der Waals surface area contributed by atoms with Gasteiger partial charge in [0.1, 0.15) is 0 Å². The van der Waals surface area contributed by atoms with E-state index in [9.17, 15) is 5.11 Å². The molecule has 0 aliphatic carbocycles. The first-order valence-electron chi connectivity index (χ1n) is 7.99. The van der Waals surface area contributed by atoms with E-state index >= 15 is 0 Å². The molecule has 124 valence electrons. The Kier molecular flexibility index (Phi) is 2.77. The zero-order chi connectivity index (χ0) is 17.1. The molecule has 25 heavy (non-hydrogen) atoms. The second-order valence-electron chi connectivity index (χ2n) is 6.13. The summed E-state index contributed by atoms with van der Waals surface area (Å²) >= 11 is 0. The minimum absolute atomic E-state index is 0.108. The van der Waals surface area contributed by atoms with Gasteiger partial charge in [0.25, 0.3) is 0 Å². The molecule has 1 aliphatic rings. The Morgan fingerprint density at radius 1 is 1.00 bits per heavy atom. The topological polar surface area (TPSA) is 60.8 Å². The lowest BCUT2D eigenvalue weighted by Crippen LogP contribution is -1.93. The number of pyridine rings is 1. The maximum Gasteiger partial charge on any atom is 0.231 e. The Morgan fingerprint density at radius 3 is 2.64 bits per heavy atom. The van der Waals surface area contributed by atoms with Crippen LogP contribution in [0.2, 0.25) is 0 Å². The molecule has 2 heterocycles. The summed E-state index contributed by atoms with van der Waals surface area (Å²) in [6.45, 7) is 2.27. The molecule has 0 bridgehead atoms. The fraction of sp³-hybridized carbons (Fsp3) is 0.150. The van der Waals surface area contributed by atoms with E-state index in [0.717, 1.165) is 44.1 Å². The summed E-state index contributed by atoms with van der Waals surface area (Å²) in [6, 6.07) is 9.80. The molecule has 5 rings (SSSR count). The van der Waals surface area contributed by atoms with Crippen LogP contribution >= 0.6 is 0 Å². The highest BCUT2D eigenvalue weighted by atomic mass is 16.7. The smallest absolute Gasteiger partial charge is 0.231 e. The van der Waals surface area contributed by atoms with Crippen molar-refractivity contribution in [2.45, 2.75) is 6.92 Å². The quantitative estimate of drug-likeness (QED) is 0.527. The van der Waals surface area contributed by atoms with Gasteiger partial charge >= 0.3 is 0 Å². The fourth-order valence-corrected chi connectivity index (χ4v) is 3.63. The number of phenolic OH excluding ortho intramolecular Hbond substituents is 1. The number of fused-ring (bicyclic) bond motifs is 6. The largest absolute Gasteiger partial charge is 0.504 e. The first kappa shape index (κ1) is 14.2. The third-order valence-electron chi connectivity index (χ3n) is 4.89. The molecule has 5 nitrogen and oxygen atoms in total. The summed E-state index contributed by atoms with van der Waals surface area (Å²) in [5, 5.41) is 15.1. The second-order valence-corrected chi connectivity index (χ2v) is 6.13. The van der Waals surface area contributed by atoms with Gasteiger partial charge in [0.05, 0.1) is 12.6 Å². The number of aryl methyl sites for hydroxylation is 1. The van der Waals surface area contributed by atoms with Crippen LogP contribution in [0.4, 0.5) is 0 Å². The van der Waals surface area contributed by atoms with E-state index in [0.29, 0.717) is 11.1 Å². The van der Waals surface area contributed by atoms with Crippen LogP contribution in [0.5, 0.6) is 23.0 Å². The van der Waals surface area contributed by atoms with Crippen LogP contribution in [-0.2, 0) is 0 Å². The number of aromatic nitrogens is 1. The zero-order valence-electron chi connectivity index (χ0n) is 13.8. The van der Waals surface area contributed by atoms with Gasteiger partial charge in [-0.25, -0.2) is 0 Å². The Balaban J connectivity index is 1.93. The summed E-state index contributed by atoms with van der Waals surface area (Å²) in [5.41, 5.74) is 1.92. The highest BCUT2D eigenvalue weighted by molar-refractivity contribution is 6.17. The molecule has 0 unspecified atom stereocenters. The van der Waals surface area contributed by atoms with Gasteiger partial charge in [-0.05, 0) is 35.9 Å². The van der Waals surface area contributed by atoms with Gasteiger partial charge in [0.2, 0.25) is 6.79 Å². The third-order valence-corrected chi connectivity index (χ3v) is 4.89. The Labute approximate surface area is 143 Å². The number of benzene rings is 3. The number of hydrogen-bond donors (Lipinski definition) is 1. The van der Waals surface area contributed by atoms with Crippen LogP contribution in [0, 0.1) is 6.92 Å². The van der Waals surface area contributed by atoms with E-state index in [1.54, 1.807) is 12.3 Å². The Hall–Kier alpha value is -3.21. The SMILES string of the molecule is COc1ccc2c(cnc3c4cc5c(c(C)c4ccc23)OCO5)c1O. The number of methoxy groups -OCH3 is 1. The van der Waals surface area contributed by atoms with Crippen molar-refractivity contribution < 1.29 is 19.3 Å². The van der Waals surface area contributed by atoms with Crippen molar-refractivity contribution >= 4 is 32.4 Å². The minimum atomic E-state index is 0.108. The molecule has 1 N–H and O–H groups in total. The first-order valence-corrected chi connectivity index (χ1v) is 7.99. The lowest BCUT2D eigenvalue weighted by molar-refractivity contribution is 0.173. The standard InChI is InChI=1S/C20H15NO4/c1-10-11-3-4-13-12-5-6-16(23-2)19(22)15(12)8-21-18(13)14(11)7-17-20(10)25-9-24-17/h3-8,22H,9H2,1-2H3. The van der Waals surface area contributed by atoms with Gasteiger partial charge in [-0.15, -0.1) is 0 Å². The first-order chi connectivity index (χ1) is 12.2. The van der Waals surface area contributed by atoms with Crippen LogP contribution in [-0.4, -0.2) is 24.0 Å². The van der Waals surface area contributed by atoms with Crippen molar-refractivity contribution in [3.8, 4) is 23.0 Å². The molecule has 0 amide bonds. The summed E-state index contributed by atoms with van der Waals surface area (Å²) in [7, 11) is 1.54. The van der Waals surface area contributed by atoms with Gasteiger partial charge in [-0.3, -0.25) is 4.98 Å². The molecular formula is C20H15NO4. The van der Waals surface area contributed by atoms with Gasteiger partial charge in [0.15, 0.2) is 23.0 Å². The molecular weight excluding hydrogens is 318 g/mol. The van der Waals surface area contributed by atoms with Gasteiger partial charge in [-0.2, -0.15) is 0 Å². The van der Waals surface area contributed by atoms with Crippen molar-refractivity contribution in [2.75, 3.05) is 13.9 Å². The van der Waals surface area contributed by atoms with Crippen molar-refractivity contribution in [3.63, 3.8) is 0 Å². The average molecular weight is 333 g/mol. The predicted molar refractivity (Wildman–Crippen MR) is 95.8 cm³/mol. The van der Waals surface area contributed by atoms with E-state index in [4.69, 9.17) is 14.2 Å². The fourth-order valence-electron chi connectivity index (χ4n) is 3.63. The molecule has 3 aromatic carbocycles. The van der Waals surface area contributed by atoms with Crippen LogP contribution in [0.25, 0.3) is 32.4 Å². The van der Waals surface area contributed by atoms with E-state index < -0.39 is 0 Å². The minimum Gasteiger partial charge on any atom is -0.504 e. The summed E-state index contributed by atoms with van der Waals surface area (Å²) < 4.78 is 16.3. The lowest BCUT2D eigenvalue weighted by atomic mass is 9.98. The van der Waals surface area contributed by atoms with Gasteiger partial charge in [-0.1, -0.05) is 12.1 Å². The molecule has 0 atom stereocenters. The molecule has 0 fully saturated rings. The van der Waals surface area contributed by atoms with Crippen LogP contribution in [0.15, 0.2) is 36.5 Å². The Morgan fingerprint density at radius 2 is 1.80 bits per heavy atom. The van der Waals surface area contributed by atoms with Crippen molar-refractivity contribution in [1.29, 1.82) is 0 Å². The highest BCUT2D eigenvalue weighted by Crippen LogP contribution is 2.43. The second kappa shape index (κ2) is 4.89. The normalized spacial score (nSPS) is 13.0. The Bertz CT molecular complexity index is 1180. The monoisotopic (exact) mass is 333 g/mol. The molecule has 1 aromatic heterocycles. The number of rotatable bonds is 1. The molecule has 0 spiro atoms. The predicted octanol–water partition coefficient (Wildman–Crippen LogP) is 4.29. The summed E-state index contributed by atoms with van der Waals surface area (Å²) in [6.07, 6.45) is 1.69. The molecule has 0 saturated heterocycles. The van der Waals surface area contributed by atoms with E-state index in [2.05, 4.69) is 11.1 Å².